The van der Waals surface area contributed by atoms with Crippen LogP contribution in [-0.4, -0.2) is 76.1 Å². The average Bonchev–Trinajstić information content (AvgIpc) is 3.15. The van der Waals surface area contributed by atoms with Gasteiger partial charge in [0.25, 0.3) is 0 Å². The van der Waals surface area contributed by atoms with Crippen molar-refractivity contribution in [3.05, 3.63) is 35.9 Å². The van der Waals surface area contributed by atoms with Gasteiger partial charge in [0, 0.05) is 7.05 Å². The van der Waals surface area contributed by atoms with E-state index in [9.17, 15) is 23.1 Å². The molecule has 2 aliphatic heterocycles. The number of rotatable bonds is 4. The first kappa shape index (κ1) is 25.7. The average molecular weight is 495 g/mol. The highest BCUT2D eigenvalue weighted by Gasteiger charge is 2.58. The van der Waals surface area contributed by atoms with Gasteiger partial charge in [-0.15, -0.1) is 0 Å². The molecule has 7 nitrogen and oxygen atoms in total. The molecule has 33 heavy (non-hydrogen) atoms. The molecule has 1 aromatic carbocycles. The van der Waals surface area contributed by atoms with E-state index in [2.05, 4.69) is 4.99 Å². The summed E-state index contributed by atoms with van der Waals surface area (Å²) >= 11 is 0.788. The molecule has 0 saturated carbocycles. The predicted octanol–water partition coefficient (Wildman–Crippen LogP) is 3.90. The molecular formula is C21H26F4N2O5S. The summed E-state index contributed by atoms with van der Waals surface area (Å²) in [6.45, 7) is 4.82. The fourth-order valence-electron chi connectivity index (χ4n) is 3.30. The summed E-state index contributed by atoms with van der Waals surface area (Å²) in [6.07, 6.45) is -14.5. The monoisotopic (exact) mass is 494 g/mol. The second kappa shape index (κ2) is 9.77. The number of nitrogens with zero attached hydrogens (tertiary/aromatic N) is 2. The van der Waals surface area contributed by atoms with Crippen LogP contribution in [0.4, 0.5) is 22.4 Å². The van der Waals surface area contributed by atoms with E-state index in [1.54, 1.807) is 51.1 Å². The number of aliphatic imine (C=N–C) groups is 1. The third-order valence-corrected chi connectivity index (χ3v) is 6.11. The molecule has 1 fully saturated rings. The second-order valence-corrected chi connectivity index (χ2v) is 9.79. The van der Waals surface area contributed by atoms with E-state index in [1.807, 2.05) is 0 Å². The highest BCUT2D eigenvalue weighted by Crippen LogP contribution is 2.42. The molecule has 2 aliphatic rings. The molecule has 12 heteroatoms. The third-order valence-electron chi connectivity index (χ3n) is 4.90. The number of ether oxygens (including phenoxy) is 3. The van der Waals surface area contributed by atoms with E-state index in [0.717, 1.165) is 16.7 Å². The first-order chi connectivity index (χ1) is 15.3. The Labute approximate surface area is 193 Å². The molecule has 0 aliphatic carbocycles. The number of hydrogen-bond donors (Lipinski definition) is 1. The zero-order valence-electron chi connectivity index (χ0n) is 18.5. The number of thioether (sulfide) groups is 1. The first-order valence-electron chi connectivity index (χ1n) is 10.2. The molecule has 1 amide bonds. The normalized spacial score (nSPS) is 28.6. The number of carbonyl (C=O) groups is 1. The molecule has 1 N–H and O–H groups in total. The van der Waals surface area contributed by atoms with Gasteiger partial charge in [0.15, 0.2) is 17.4 Å². The van der Waals surface area contributed by atoms with Gasteiger partial charge in [-0.3, -0.25) is 9.89 Å². The van der Waals surface area contributed by atoms with Gasteiger partial charge in [0.2, 0.25) is 0 Å². The molecule has 0 radical (unpaired) electrons. The minimum absolute atomic E-state index is 0.0332. The first-order valence-corrected chi connectivity index (χ1v) is 11.1. The summed E-state index contributed by atoms with van der Waals surface area (Å²) in [7, 11) is 1.36. The summed E-state index contributed by atoms with van der Waals surface area (Å²) in [5.41, 5.74) is -1.36. The van der Waals surface area contributed by atoms with E-state index in [1.165, 1.54) is 7.05 Å². The van der Waals surface area contributed by atoms with E-state index >= 15 is 4.39 Å². The molecule has 0 spiro atoms. The van der Waals surface area contributed by atoms with Gasteiger partial charge in [0.1, 0.15) is 29.3 Å². The summed E-state index contributed by atoms with van der Waals surface area (Å²) in [5, 5.41) is 9.91. The summed E-state index contributed by atoms with van der Waals surface area (Å²) in [5.74, 6) is 0. The SMILES string of the molecule is CN(C(=O)OC(C)(C)C)C1=N[C@@H]2[C@@H](F)[C@@H](OCc3ccccc3)[C@@H]([C@@H](O)C(F)(F)F)O[C@@H]2S1. The van der Waals surface area contributed by atoms with Gasteiger partial charge in [0.05, 0.1) is 6.61 Å². The van der Waals surface area contributed by atoms with E-state index in [-0.39, 0.29) is 11.8 Å². The van der Waals surface area contributed by atoms with Crippen molar-refractivity contribution in [1.29, 1.82) is 0 Å². The Bertz CT molecular complexity index is 864. The second-order valence-electron chi connectivity index (χ2n) is 8.72. The summed E-state index contributed by atoms with van der Waals surface area (Å²) in [6, 6.07) is 7.28. The van der Waals surface area contributed by atoms with Gasteiger partial charge >= 0.3 is 12.3 Å². The zero-order valence-corrected chi connectivity index (χ0v) is 19.3. The van der Waals surface area contributed by atoms with Crippen LogP contribution in [0.25, 0.3) is 0 Å². The van der Waals surface area contributed by atoms with Gasteiger partial charge in [-0.25, -0.2) is 9.18 Å². The van der Waals surface area contributed by atoms with E-state index in [4.69, 9.17) is 14.2 Å². The minimum Gasteiger partial charge on any atom is -0.443 e. The highest BCUT2D eigenvalue weighted by atomic mass is 32.2. The van der Waals surface area contributed by atoms with Crippen molar-refractivity contribution >= 4 is 23.0 Å². The van der Waals surface area contributed by atoms with Crippen LogP contribution in [0.1, 0.15) is 26.3 Å². The van der Waals surface area contributed by atoms with E-state index < -0.39 is 53.8 Å². The molecule has 6 atom stereocenters. The molecule has 3 rings (SSSR count). The number of hydrogen-bond acceptors (Lipinski definition) is 7. The van der Waals surface area contributed by atoms with Crippen LogP contribution >= 0.6 is 11.8 Å². The predicted molar refractivity (Wildman–Crippen MR) is 113 cm³/mol. The van der Waals surface area contributed by atoms with Gasteiger partial charge in [-0.2, -0.15) is 13.2 Å². The molecular weight excluding hydrogens is 468 g/mol. The van der Waals surface area contributed by atoms with Crippen molar-refractivity contribution in [2.45, 2.75) is 75.1 Å². The van der Waals surface area contributed by atoms with Gasteiger partial charge in [-0.1, -0.05) is 42.1 Å². The minimum atomic E-state index is -5.05. The fraction of sp³-hybridized carbons (Fsp3) is 0.619. The molecule has 0 bridgehead atoms. The van der Waals surface area contributed by atoms with Crippen molar-refractivity contribution in [3.63, 3.8) is 0 Å². The van der Waals surface area contributed by atoms with Crippen LogP contribution in [0.5, 0.6) is 0 Å². The molecule has 184 valence electrons. The lowest BCUT2D eigenvalue weighted by molar-refractivity contribution is -0.273. The molecule has 2 heterocycles. The lowest BCUT2D eigenvalue weighted by atomic mass is 9.95. The van der Waals surface area contributed by atoms with Crippen LogP contribution in [-0.2, 0) is 20.8 Å². The molecule has 0 unspecified atom stereocenters. The Morgan fingerprint density at radius 2 is 1.91 bits per heavy atom. The summed E-state index contributed by atoms with van der Waals surface area (Å²) in [4.78, 5) is 17.5. The zero-order chi connectivity index (χ0) is 24.6. The Kier molecular flexibility index (Phi) is 7.62. The highest BCUT2D eigenvalue weighted by molar-refractivity contribution is 8.14. The molecule has 0 aromatic heterocycles. The maximum absolute atomic E-state index is 15.5. The number of benzene rings is 1. The number of amidine groups is 1. The topological polar surface area (TPSA) is 80.6 Å². The number of alkyl halides is 4. The number of fused-ring (bicyclic) bond motifs is 1. The Hall–Kier alpha value is -1.89. The molecule has 1 aromatic rings. The maximum atomic E-state index is 15.5. The quantitative estimate of drug-likeness (QED) is 0.640. The smallest absolute Gasteiger partial charge is 0.417 e. The third kappa shape index (κ3) is 6.17. The largest absolute Gasteiger partial charge is 0.443 e. The Morgan fingerprint density at radius 1 is 1.27 bits per heavy atom. The molecule has 1 saturated heterocycles. The van der Waals surface area contributed by atoms with Crippen LogP contribution in [0.15, 0.2) is 35.3 Å². The van der Waals surface area contributed by atoms with Crippen LogP contribution < -0.4 is 0 Å². The van der Waals surface area contributed by atoms with Gasteiger partial charge < -0.3 is 19.3 Å². The van der Waals surface area contributed by atoms with Crippen molar-refractivity contribution in [2.24, 2.45) is 4.99 Å². The number of halogens is 4. The van der Waals surface area contributed by atoms with Gasteiger partial charge in [-0.05, 0) is 26.3 Å². The number of amides is 1. The van der Waals surface area contributed by atoms with Crippen LogP contribution in [0.3, 0.4) is 0 Å². The maximum Gasteiger partial charge on any atom is 0.417 e. The van der Waals surface area contributed by atoms with Crippen LogP contribution in [0.2, 0.25) is 0 Å². The lowest BCUT2D eigenvalue weighted by Crippen LogP contribution is -2.60. The standard InChI is InChI=1S/C21H26F4N2O5S/c1-20(2,3)32-19(29)27(4)18-26-13-12(22)14(30-10-11-8-6-5-7-9-11)15(31-17(13)33-18)16(28)21(23,24)25/h5-9,12-17,28H,10H2,1-4H3/t12-,13-,14-,15+,16-,17-/m1/s1. The van der Waals surface area contributed by atoms with Crippen molar-refractivity contribution < 1.29 is 41.7 Å². The van der Waals surface area contributed by atoms with Crippen molar-refractivity contribution in [3.8, 4) is 0 Å². The van der Waals surface area contributed by atoms with Crippen molar-refractivity contribution in [1.82, 2.24) is 4.90 Å². The number of aliphatic hydroxyl groups is 1. The Morgan fingerprint density at radius 3 is 2.48 bits per heavy atom. The Balaban J connectivity index is 1.81. The number of carbonyl (C=O) groups excluding carboxylic acids is 1. The summed E-state index contributed by atoms with van der Waals surface area (Å²) < 4.78 is 71.6. The van der Waals surface area contributed by atoms with Crippen LogP contribution in [0, 0.1) is 0 Å². The van der Waals surface area contributed by atoms with Crippen molar-refractivity contribution in [2.75, 3.05) is 7.05 Å². The van der Waals surface area contributed by atoms with E-state index in [0.29, 0.717) is 5.56 Å². The lowest BCUT2D eigenvalue weighted by Gasteiger charge is -2.41. The fourth-order valence-corrected chi connectivity index (χ4v) is 4.46. The number of aliphatic hydroxyl groups excluding tert-OH is 1.